The van der Waals surface area contributed by atoms with Gasteiger partial charge < -0.3 is 10.2 Å². The smallest absolute Gasteiger partial charge is 0.226 e. The standard InChI is InChI=1S/C11H22N2O/c1-8(7-12-3)11(14)13(4)9(2)10-5-6-10/h8-10,12H,5-7H2,1-4H3. The van der Waals surface area contributed by atoms with Gasteiger partial charge in [0.05, 0.1) is 0 Å². The Balaban J connectivity index is 2.41. The van der Waals surface area contributed by atoms with Crippen molar-refractivity contribution in [2.45, 2.75) is 32.7 Å². The highest BCUT2D eigenvalue weighted by atomic mass is 16.2. The average molecular weight is 198 g/mol. The normalized spacial score (nSPS) is 20.3. The maximum atomic E-state index is 11.9. The maximum Gasteiger partial charge on any atom is 0.226 e. The van der Waals surface area contributed by atoms with Crippen LogP contribution in [-0.4, -0.2) is 37.5 Å². The van der Waals surface area contributed by atoms with E-state index >= 15 is 0 Å². The van der Waals surface area contributed by atoms with Crippen molar-refractivity contribution in [2.75, 3.05) is 20.6 Å². The van der Waals surface area contributed by atoms with Crippen molar-refractivity contribution < 1.29 is 4.79 Å². The minimum absolute atomic E-state index is 0.0891. The van der Waals surface area contributed by atoms with Crippen LogP contribution in [0, 0.1) is 11.8 Å². The van der Waals surface area contributed by atoms with Gasteiger partial charge in [0.25, 0.3) is 0 Å². The Hall–Kier alpha value is -0.570. The monoisotopic (exact) mass is 198 g/mol. The van der Waals surface area contributed by atoms with Crippen molar-refractivity contribution in [2.24, 2.45) is 11.8 Å². The first-order valence-electron chi connectivity index (χ1n) is 5.49. The van der Waals surface area contributed by atoms with Gasteiger partial charge in [0, 0.05) is 25.6 Å². The fraction of sp³-hybridized carbons (Fsp3) is 0.909. The lowest BCUT2D eigenvalue weighted by molar-refractivity contribution is -0.135. The molecule has 1 N–H and O–H groups in total. The van der Waals surface area contributed by atoms with Gasteiger partial charge in [-0.15, -0.1) is 0 Å². The van der Waals surface area contributed by atoms with Crippen LogP contribution in [0.1, 0.15) is 26.7 Å². The van der Waals surface area contributed by atoms with Crippen molar-refractivity contribution in [3.8, 4) is 0 Å². The first-order valence-corrected chi connectivity index (χ1v) is 5.49. The molecule has 0 radical (unpaired) electrons. The van der Waals surface area contributed by atoms with Crippen LogP contribution in [0.5, 0.6) is 0 Å². The van der Waals surface area contributed by atoms with Crippen molar-refractivity contribution in [1.29, 1.82) is 0 Å². The van der Waals surface area contributed by atoms with E-state index in [9.17, 15) is 4.79 Å². The molecule has 1 rings (SSSR count). The van der Waals surface area contributed by atoms with E-state index in [1.807, 2.05) is 25.9 Å². The van der Waals surface area contributed by atoms with Crippen LogP contribution >= 0.6 is 0 Å². The van der Waals surface area contributed by atoms with Gasteiger partial charge >= 0.3 is 0 Å². The highest BCUT2D eigenvalue weighted by Gasteiger charge is 2.33. The third kappa shape index (κ3) is 2.71. The van der Waals surface area contributed by atoms with Crippen molar-refractivity contribution in [1.82, 2.24) is 10.2 Å². The van der Waals surface area contributed by atoms with E-state index in [1.54, 1.807) is 0 Å². The van der Waals surface area contributed by atoms with E-state index in [0.29, 0.717) is 6.04 Å². The molecule has 2 atom stereocenters. The summed E-state index contributed by atoms with van der Waals surface area (Å²) in [6.07, 6.45) is 2.58. The van der Waals surface area contributed by atoms with E-state index in [4.69, 9.17) is 0 Å². The second kappa shape index (κ2) is 4.78. The van der Waals surface area contributed by atoms with Crippen molar-refractivity contribution >= 4 is 5.91 Å². The summed E-state index contributed by atoms with van der Waals surface area (Å²) in [5.41, 5.74) is 0. The van der Waals surface area contributed by atoms with Gasteiger partial charge in [0.15, 0.2) is 0 Å². The molecule has 14 heavy (non-hydrogen) atoms. The van der Waals surface area contributed by atoms with E-state index in [-0.39, 0.29) is 11.8 Å². The number of carbonyl (C=O) groups is 1. The fourth-order valence-corrected chi connectivity index (χ4v) is 1.84. The average Bonchev–Trinajstić information content (AvgIpc) is 2.98. The first kappa shape index (κ1) is 11.5. The quantitative estimate of drug-likeness (QED) is 0.717. The minimum Gasteiger partial charge on any atom is -0.343 e. The number of rotatable bonds is 5. The van der Waals surface area contributed by atoms with E-state index < -0.39 is 0 Å². The molecule has 0 saturated heterocycles. The van der Waals surface area contributed by atoms with Crippen LogP contribution in [0.3, 0.4) is 0 Å². The molecule has 0 bridgehead atoms. The van der Waals surface area contributed by atoms with Crippen LogP contribution in [-0.2, 0) is 4.79 Å². The zero-order chi connectivity index (χ0) is 10.7. The third-order valence-electron chi connectivity index (χ3n) is 3.19. The fourth-order valence-electron chi connectivity index (χ4n) is 1.84. The van der Waals surface area contributed by atoms with Crippen LogP contribution in [0.25, 0.3) is 0 Å². The van der Waals surface area contributed by atoms with Crippen LogP contribution in [0.4, 0.5) is 0 Å². The molecule has 1 aliphatic rings. The Kier molecular flexibility index (Phi) is 3.93. The van der Waals surface area contributed by atoms with Crippen molar-refractivity contribution in [3.63, 3.8) is 0 Å². The highest BCUT2D eigenvalue weighted by molar-refractivity contribution is 5.78. The summed E-state index contributed by atoms with van der Waals surface area (Å²) in [5.74, 6) is 1.11. The molecule has 1 saturated carbocycles. The molecule has 0 heterocycles. The maximum absolute atomic E-state index is 11.9. The molecule has 3 nitrogen and oxygen atoms in total. The number of nitrogens with zero attached hydrogens (tertiary/aromatic N) is 1. The van der Waals surface area contributed by atoms with Gasteiger partial charge in [0.2, 0.25) is 5.91 Å². The summed E-state index contributed by atoms with van der Waals surface area (Å²) in [4.78, 5) is 13.8. The second-order valence-electron chi connectivity index (χ2n) is 4.49. The van der Waals surface area contributed by atoms with E-state index in [2.05, 4.69) is 12.2 Å². The summed E-state index contributed by atoms with van der Waals surface area (Å²) in [6, 6.07) is 0.418. The molecule has 0 aromatic rings. The van der Waals surface area contributed by atoms with Gasteiger partial charge in [0.1, 0.15) is 0 Å². The summed E-state index contributed by atoms with van der Waals surface area (Å²) in [5, 5.41) is 3.04. The van der Waals surface area contributed by atoms with Gasteiger partial charge in [-0.25, -0.2) is 0 Å². The Morgan fingerprint density at radius 1 is 1.50 bits per heavy atom. The zero-order valence-corrected chi connectivity index (χ0v) is 9.71. The van der Waals surface area contributed by atoms with Gasteiger partial charge in [-0.2, -0.15) is 0 Å². The highest BCUT2D eigenvalue weighted by Crippen LogP contribution is 2.34. The Morgan fingerprint density at radius 3 is 2.50 bits per heavy atom. The van der Waals surface area contributed by atoms with E-state index in [0.717, 1.165) is 12.5 Å². The summed E-state index contributed by atoms with van der Waals surface area (Å²) in [7, 11) is 3.81. The third-order valence-corrected chi connectivity index (χ3v) is 3.19. The van der Waals surface area contributed by atoms with Crippen LogP contribution in [0.15, 0.2) is 0 Å². The zero-order valence-electron chi connectivity index (χ0n) is 9.71. The topological polar surface area (TPSA) is 32.3 Å². The molecular weight excluding hydrogens is 176 g/mol. The molecule has 1 aliphatic carbocycles. The number of hydrogen-bond acceptors (Lipinski definition) is 2. The Morgan fingerprint density at radius 2 is 2.07 bits per heavy atom. The molecule has 3 heteroatoms. The predicted molar refractivity (Wildman–Crippen MR) is 58.0 cm³/mol. The lowest BCUT2D eigenvalue weighted by Gasteiger charge is -2.27. The Bertz CT molecular complexity index is 201. The second-order valence-corrected chi connectivity index (χ2v) is 4.49. The number of amides is 1. The lowest BCUT2D eigenvalue weighted by atomic mass is 10.1. The summed E-state index contributed by atoms with van der Waals surface area (Å²) >= 11 is 0. The van der Waals surface area contributed by atoms with Gasteiger partial charge in [-0.1, -0.05) is 6.92 Å². The summed E-state index contributed by atoms with van der Waals surface area (Å²) in [6.45, 7) is 4.90. The van der Waals surface area contributed by atoms with Crippen LogP contribution < -0.4 is 5.32 Å². The molecule has 0 aliphatic heterocycles. The molecule has 82 valence electrons. The molecule has 1 fully saturated rings. The largest absolute Gasteiger partial charge is 0.343 e. The van der Waals surface area contributed by atoms with Gasteiger partial charge in [-0.3, -0.25) is 4.79 Å². The molecule has 0 aromatic heterocycles. The SMILES string of the molecule is CNCC(C)C(=O)N(C)C(C)C1CC1. The minimum atomic E-state index is 0.0891. The van der Waals surface area contributed by atoms with Crippen molar-refractivity contribution in [3.05, 3.63) is 0 Å². The molecule has 0 spiro atoms. The summed E-state index contributed by atoms with van der Waals surface area (Å²) < 4.78 is 0. The molecular formula is C11H22N2O. The van der Waals surface area contributed by atoms with Crippen LogP contribution in [0.2, 0.25) is 0 Å². The molecule has 1 amide bonds. The van der Waals surface area contributed by atoms with Gasteiger partial charge in [-0.05, 0) is 32.7 Å². The first-order chi connectivity index (χ1) is 6.57. The molecule has 2 unspecified atom stereocenters. The predicted octanol–water partition coefficient (Wildman–Crippen LogP) is 1.10. The molecule has 0 aromatic carbocycles. The number of hydrogen-bond donors (Lipinski definition) is 1. The van der Waals surface area contributed by atoms with E-state index in [1.165, 1.54) is 12.8 Å². The Labute approximate surface area is 86.9 Å². The number of carbonyl (C=O) groups excluding carboxylic acids is 1. The lowest BCUT2D eigenvalue weighted by Crippen LogP contribution is -2.41. The number of nitrogens with one attached hydrogen (secondary N) is 1.